The Morgan fingerprint density at radius 1 is 1.39 bits per heavy atom. The molecule has 2 atom stereocenters. The number of aryl methyl sites for hydroxylation is 1. The zero-order chi connectivity index (χ0) is 16.8. The number of rotatable bonds is 7. The minimum Gasteiger partial charge on any atom is -0.383 e. The van der Waals surface area contributed by atoms with Crippen LogP contribution in [0.25, 0.3) is 0 Å². The molecule has 1 heterocycles. The van der Waals surface area contributed by atoms with Gasteiger partial charge < -0.3 is 15.0 Å². The van der Waals surface area contributed by atoms with E-state index in [-0.39, 0.29) is 22.4 Å². The summed E-state index contributed by atoms with van der Waals surface area (Å²) in [7, 11) is 1.60. The third-order valence-electron chi connectivity index (χ3n) is 3.91. The van der Waals surface area contributed by atoms with Crippen LogP contribution >= 0.6 is 11.8 Å². The Balaban J connectivity index is 2.01. The number of methoxy groups -OCH3 is 1. The monoisotopic (exact) mass is 336 g/mol. The molecule has 1 aliphatic rings. The van der Waals surface area contributed by atoms with Gasteiger partial charge in [-0.15, -0.1) is 11.8 Å². The van der Waals surface area contributed by atoms with Crippen molar-refractivity contribution in [2.45, 2.75) is 30.9 Å². The van der Waals surface area contributed by atoms with E-state index in [0.717, 1.165) is 5.56 Å². The molecule has 0 aliphatic carbocycles. The van der Waals surface area contributed by atoms with Crippen LogP contribution in [0.5, 0.6) is 0 Å². The molecule has 126 valence electrons. The van der Waals surface area contributed by atoms with Gasteiger partial charge in [0.15, 0.2) is 0 Å². The van der Waals surface area contributed by atoms with Crippen LogP contribution in [0, 0.1) is 6.92 Å². The van der Waals surface area contributed by atoms with E-state index < -0.39 is 0 Å². The molecule has 23 heavy (non-hydrogen) atoms. The molecule has 1 aromatic rings. The molecule has 0 spiro atoms. The maximum atomic E-state index is 12.4. The first-order valence-electron chi connectivity index (χ1n) is 7.81. The highest BCUT2D eigenvalue weighted by Crippen LogP contribution is 2.43. The number of thioether (sulfide) groups is 1. The summed E-state index contributed by atoms with van der Waals surface area (Å²) in [4.78, 5) is 26.1. The third-order valence-corrected chi connectivity index (χ3v) is 5.29. The Labute approximate surface area is 141 Å². The van der Waals surface area contributed by atoms with Gasteiger partial charge in [-0.2, -0.15) is 0 Å². The number of hydrogen-bond acceptors (Lipinski definition) is 4. The fraction of sp³-hybridized carbons (Fsp3) is 0.529. The maximum absolute atomic E-state index is 12.4. The zero-order valence-electron chi connectivity index (χ0n) is 13.9. The molecule has 1 aliphatic heterocycles. The Bertz CT molecular complexity index is 565. The number of hydrogen-bond donors (Lipinski definition) is 1. The molecule has 0 bridgehead atoms. The van der Waals surface area contributed by atoms with Crippen molar-refractivity contribution in [1.82, 2.24) is 10.2 Å². The molecule has 6 heteroatoms. The van der Waals surface area contributed by atoms with Gasteiger partial charge in [-0.25, -0.2) is 0 Å². The molecular weight excluding hydrogens is 312 g/mol. The summed E-state index contributed by atoms with van der Waals surface area (Å²) in [5.41, 5.74) is 2.32. The topological polar surface area (TPSA) is 58.6 Å². The van der Waals surface area contributed by atoms with E-state index in [1.54, 1.807) is 18.9 Å². The molecule has 0 unspecified atom stereocenters. The Kier molecular flexibility index (Phi) is 6.47. The van der Waals surface area contributed by atoms with Gasteiger partial charge in [0.05, 0.1) is 11.9 Å². The average Bonchev–Trinajstić information content (AvgIpc) is 2.81. The summed E-state index contributed by atoms with van der Waals surface area (Å²) < 4.78 is 4.91. The lowest BCUT2D eigenvalue weighted by atomic mass is 10.1. The number of amides is 2. The molecule has 1 saturated heterocycles. The number of nitrogens with one attached hydrogen (secondary N) is 1. The third kappa shape index (κ3) is 4.48. The number of carbonyl (C=O) groups is 2. The van der Waals surface area contributed by atoms with Gasteiger partial charge in [0.2, 0.25) is 11.8 Å². The van der Waals surface area contributed by atoms with E-state index >= 15 is 0 Å². The van der Waals surface area contributed by atoms with Crippen LogP contribution in [0.2, 0.25) is 0 Å². The predicted molar refractivity (Wildman–Crippen MR) is 92.2 cm³/mol. The van der Waals surface area contributed by atoms with E-state index in [2.05, 4.69) is 24.4 Å². The van der Waals surface area contributed by atoms with Gasteiger partial charge in [-0.05, 0) is 25.0 Å². The Morgan fingerprint density at radius 3 is 2.83 bits per heavy atom. The number of carbonyl (C=O) groups excluding carboxylic acids is 2. The van der Waals surface area contributed by atoms with Gasteiger partial charge in [0, 0.05) is 26.6 Å². The smallest absolute Gasteiger partial charge is 0.236 e. The fourth-order valence-corrected chi connectivity index (χ4v) is 4.02. The highest BCUT2D eigenvalue weighted by atomic mass is 32.2. The molecule has 5 nitrogen and oxygen atoms in total. The van der Waals surface area contributed by atoms with Crippen LogP contribution in [0.4, 0.5) is 0 Å². The van der Waals surface area contributed by atoms with Crippen LogP contribution in [-0.2, 0) is 14.3 Å². The molecule has 1 fully saturated rings. The van der Waals surface area contributed by atoms with Gasteiger partial charge in [-0.3, -0.25) is 9.59 Å². The van der Waals surface area contributed by atoms with Gasteiger partial charge in [0.1, 0.15) is 5.37 Å². The van der Waals surface area contributed by atoms with Crippen molar-refractivity contribution in [2.75, 3.05) is 26.8 Å². The predicted octanol–water partition coefficient (Wildman–Crippen LogP) is 2.11. The standard InChI is InChI=1S/C17H24N2O3S/c1-12-6-4-5-7-14(12)17-19(16(21)13(2)23-17)10-8-15(20)18-9-11-22-3/h4-7,13,17H,8-11H2,1-3H3,(H,18,20)/t13-,17-/m1/s1. The highest BCUT2D eigenvalue weighted by Gasteiger charge is 2.38. The van der Waals surface area contributed by atoms with E-state index in [0.29, 0.717) is 26.1 Å². The second-order valence-electron chi connectivity index (χ2n) is 5.61. The van der Waals surface area contributed by atoms with Gasteiger partial charge in [0.25, 0.3) is 0 Å². The van der Waals surface area contributed by atoms with Crippen LogP contribution in [-0.4, -0.2) is 48.8 Å². The average molecular weight is 336 g/mol. The van der Waals surface area contributed by atoms with Crippen molar-refractivity contribution >= 4 is 23.6 Å². The van der Waals surface area contributed by atoms with Crippen molar-refractivity contribution in [3.8, 4) is 0 Å². The number of ether oxygens (including phenoxy) is 1. The summed E-state index contributed by atoms with van der Waals surface area (Å²) in [5.74, 6) is 0.0517. The lowest BCUT2D eigenvalue weighted by Gasteiger charge is -2.25. The van der Waals surface area contributed by atoms with Crippen molar-refractivity contribution < 1.29 is 14.3 Å². The molecule has 0 saturated carbocycles. The number of nitrogens with zero attached hydrogens (tertiary/aromatic N) is 1. The molecule has 1 N–H and O–H groups in total. The Morgan fingerprint density at radius 2 is 2.13 bits per heavy atom. The van der Waals surface area contributed by atoms with E-state index in [9.17, 15) is 9.59 Å². The highest BCUT2D eigenvalue weighted by molar-refractivity contribution is 8.01. The van der Waals surface area contributed by atoms with Crippen molar-refractivity contribution in [1.29, 1.82) is 0 Å². The van der Waals surface area contributed by atoms with Gasteiger partial charge >= 0.3 is 0 Å². The van der Waals surface area contributed by atoms with Gasteiger partial charge in [-0.1, -0.05) is 24.3 Å². The summed E-state index contributed by atoms with van der Waals surface area (Å²) in [5, 5.41) is 2.71. The van der Waals surface area contributed by atoms with E-state index in [1.807, 2.05) is 24.0 Å². The van der Waals surface area contributed by atoms with E-state index in [4.69, 9.17) is 4.74 Å². The fourth-order valence-electron chi connectivity index (χ4n) is 2.61. The maximum Gasteiger partial charge on any atom is 0.236 e. The second kappa shape index (κ2) is 8.36. The SMILES string of the molecule is COCCNC(=O)CCN1C(=O)[C@@H](C)S[C@@H]1c1ccccc1C. The van der Waals surface area contributed by atoms with Crippen LogP contribution in [0.1, 0.15) is 29.8 Å². The second-order valence-corrected chi connectivity index (χ2v) is 7.04. The van der Waals surface area contributed by atoms with E-state index in [1.165, 1.54) is 5.56 Å². The lowest BCUT2D eigenvalue weighted by molar-refractivity contribution is -0.130. The minimum absolute atomic E-state index is 0.00882. The molecule has 2 rings (SSSR count). The summed E-state index contributed by atoms with van der Waals surface area (Å²) >= 11 is 1.65. The molecule has 1 aromatic carbocycles. The van der Waals surface area contributed by atoms with Crippen LogP contribution in [0.15, 0.2) is 24.3 Å². The molecule has 0 radical (unpaired) electrons. The molecule has 0 aromatic heterocycles. The summed E-state index contributed by atoms with van der Waals surface area (Å²) in [6, 6.07) is 8.10. The molecule has 2 amide bonds. The van der Waals surface area contributed by atoms with Crippen molar-refractivity contribution in [2.24, 2.45) is 0 Å². The quantitative estimate of drug-likeness (QED) is 0.775. The van der Waals surface area contributed by atoms with Crippen LogP contribution in [0.3, 0.4) is 0 Å². The normalized spacial score (nSPS) is 20.8. The Hall–Kier alpha value is -1.53. The largest absolute Gasteiger partial charge is 0.383 e. The summed E-state index contributed by atoms with van der Waals surface area (Å²) in [6.07, 6.45) is 0.311. The summed E-state index contributed by atoms with van der Waals surface area (Å²) in [6.45, 7) is 5.41. The first-order chi connectivity index (χ1) is 11.0. The van der Waals surface area contributed by atoms with Crippen LogP contribution < -0.4 is 5.32 Å². The van der Waals surface area contributed by atoms with Crippen molar-refractivity contribution in [3.63, 3.8) is 0 Å². The zero-order valence-corrected chi connectivity index (χ0v) is 14.7. The minimum atomic E-state index is -0.0730. The molecular formula is C17H24N2O3S. The van der Waals surface area contributed by atoms with Crippen molar-refractivity contribution in [3.05, 3.63) is 35.4 Å². The number of benzene rings is 1. The first-order valence-corrected chi connectivity index (χ1v) is 8.76. The first kappa shape index (κ1) is 17.8. The lowest BCUT2D eigenvalue weighted by Crippen LogP contribution is -2.35.